The summed E-state index contributed by atoms with van der Waals surface area (Å²) in [6.45, 7) is 5.03. The number of aliphatic hydroxyl groups excluding tert-OH is 1. The molecule has 4 nitrogen and oxygen atoms in total. The Bertz CT molecular complexity index is 256. The van der Waals surface area contributed by atoms with Crippen LogP contribution in [0.15, 0.2) is 0 Å². The molecule has 1 aliphatic heterocycles. The van der Waals surface area contributed by atoms with Crippen LogP contribution in [-0.2, 0) is 4.74 Å². The van der Waals surface area contributed by atoms with Gasteiger partial charge in [-0.05, 0) is 39.2 Å². The molecule has 3 N–H and O–H groups in total. The van der Waals surface area contributed by atoms with Gasteiger partial charge in [-0.1, -0.05) is 12.8 Å². The Morgan fingerprint density at radius 1 is 1.39 bits per heavy atom. The highest BCUT2D eigenvalue weighted by molar-refractivity contribution is 4.88. The van der Waals surface area contributed by atoms with Gasteiger partial charge in [0.15, 0.2) is 0 Å². The topological polar surface area (TPSA) is 58.7 Å². The van der Waals surface area contributed by atoms with E-state index in [1.807, 2.05) is 6.92 Å². The number of rotatable bonds is 5. The second kappa shape index (κ2) is 6.33. The van der Waals surface area contributed by atoms with E-state index in [0.29, 0.717) is 12.1 Å². The van der Waals surface area contributed by atoms with Crippen molar-refractivity contribution in [1.29, 1.82) is 0 Å². The van der Waals surface area contributed by atoms with E-state index >= 15 is 0 Å². The Kier molecular flexibility index (Phi) is 5.01. The number of hydrogen-bond donors (Lipinski definition) is 2. The number of hydrogen-bond acceptors (Lipinski definition) is 4. The summed E-state index contributed by atoms with van der Waals surface area (Å²) in [6.07, 6.45) is 7.59. The molecule has 1 saturated heterocycles. The normalized spacial score (nSPS) is 32.8. The SMILES string of the molecule is CC(N)(CO)CCCN1CCOC2CCCCC21. The van der Waals surface area contributed by atoms with Gasteiger partial charge in [-0.2, -0.15) is 0 Å². The summed E-state index contributed by atoms with van der Waals surface area (Å²) in [7, 11) is 0. The minimum atomic E-state index is -0.418. The van der Waals surface area contributed by atoms with E-state index < -0.39 is 5.54 Å². The van der Waals surface area contributed by atoms with Gasteiger partial charge in [0.05, 0.1) is 19.3 Å². The average molecular weight is 256 g/mol. The first kappa shape index (κ1) is 14.3. The van der Waals surface area contributed by atoms with E-state index in [9.17, 15) is 0 Å². The molecule has 0 amide bonds. The quantitative estimate of drug-likeness (QED) is 0.774. The Hall–Kier alpha value is -0.160. The summed E-state index contributed by atoms with van der Waals surface area (Å²) < 4.78 is 5.87. The molecule has 0 aromatic carbocycles. The van der Waals surface area contributed by atoms with Crippen LogP contribution < -0.4 is 5.73 Å². The van der Waals surface area contributed by atoms with E-state index in [0.717, 1.165) is 32.5 Å². The molecule has 0 radical (unpaired) electrons. The van der Waals surface area contributed by atoms with Crippen LogP contribution in [0.4, 0.5) is 0 Å². The fourth-order valence-electron chi connectivity index (χ4n) is 3.22. The lowest BCUT2D eigenvalue weighted by Crippen LogP contribution is -2.53. The standard InChI is InChI=1S/C14H28N2O2/c1-14(15,11-17)7-4-8-16-9-10-18-13-6-3-2-5-12(13)16/h12-13,17H,2-11,15H2,1H3. The zero-order valence-electron chi connectivity index (χ0n) is 11.6. The third-order valence-electron chi connectivity index (χ3n) is 4.40. The molecule has 1 heterocycles. The van der Waals surface area contributed by atoms with Gasteiger partial charge >= 0.3 is 0 Å². The molecule has 0 aromatic heterocycles. The van der Waals surface area contributed by atoms with Crippen LogP contribution in [0.5, 0.6) is 0 Å². The number of nitrogens with two attached hydrogens (primary N) is 1. The fraction of sp³-hybridized carbons (Fsp3) is 1.00. The second-order valence-corrected chi connectivity index (χ2v) is 6.21. The minimum Gasteiger partial charge on any atom is -0.394 e. The van der Waals surface area contributed by atoms with Crippen molar-refractivity contribution in [1.82, 2.24) is 4.90 Å². The molecule has 0 spiro atoms. The van der Waals surface area contributed by atoms with E-state index in [1.165, 1.54) is 25.7 Å². The predicted molar refractivity (Wildman–Crippen MR) is 72.5 cm³/mol. The molecule has 1 aliphatic carbocycles. The van der Waals surface area contributed by atoms with Gasteiger partial charge in [0, 0.05) is 18.1 Å². The van der Waals surface area contributed by atoms with Crippen LogP contribution in [0.1, 0.15) is 45.4 Å². The molecular formula is C14H28N2O2. The van der Waals surface area contributed by atoms with Crippen molar-refractivity contribution in [3.05, 3.63) is 0 Å². The van der Waals surface area contributed by atoms with Gasteiger partial charge in [-0.15, -0.1) is 0 Å². The Morgan fingerprint density at radius 3 is 2.94 bits per heavy atom. The van der Waals surface area contributed by atoms with Crippen LogP contribution in [0.2, 0.25) is 0 Å². The Labute approximate surface area is 110 Å². The zero-order chi connectivity index (χ0) is 13.0. The third kappa shape index (κ3) is 3.67. The van der Waals surface area contributed by atoms with Crippen molar-refractivity contribution in [3.63, 3.8) is 0 Å². The summed E-state index contributed by atoms with van der Waals surface area (Å²) in [5.74, 6) is 0. The van der Waals surface area contributed by atoms with Gasteiger partial charge in [-0.3, -0.25) is 4.90 Å². The van der Waals surface area contributed by atoms with Crippen molar-refractivity contribution < 1.29 is 9.84 Å². The number of fused-ring (bicyclic) bond motifs is 1. The first-order valence-electron chi connectivity index (χ1n) is 7.38. The summed E-state index contributed by atoms with van der Waals surface area (Å²) in [5.41, 5.74) is 5.55. The molecule has 0 bridgehead atoms. The van der Waals surface area contributed by atoms with Crippen LogP contribution in [0.3, 0.4) is 0 Å². The average Bonchev–Trinajstić information content (AvgIpc) is 2.39. The second-order valence-electron chi connectivity index (χ2n) is 6.21. The molecule has 3 atom stereocenters. The number of morpholine rings is 1. The smallest absolute Gasteiger partial charge is 0.0730 e. The molecule has 1 saturated carbocycles. The van der Waals surface area contributed by atoms with Gasteiger partial charge < -0.3 is 15.6 Å². The lowest BCUT2D eigenvalue weighted by atomic mass is 9.89. The largest absolute Gasteiger partial charge is 0.394 e. The molecular weight excluding hydrogens is 228 g/mol. The monoisotopic (exact) mass is 256 g/mol. The number of nitrogens with zero attached hydrogens (tertiary/aromatic N) is 1. The molecule has 4 heteroatoms. The van der Waals surface area contributed by atoms with Gasteiger partial charge in [-0.25, -0.2) is 0 Å². The highest BCUT2D eigenvalue weighted by atomic mass is 16.5. The lowest BCUT2D eigenvalue weighted by molar-refractivity contribution is -0.0885. The number of ether oxygens (including phenoxy) is 1. The third-order valence-corrected chi connectivity index (χ3v) is 4.40. The van der Waals surface area contributed by atoms with E-state index in [4.69, 9.17) is 15.6 Å². The van der Waals surface area contributed by atoms with Crippen LogP contribution in [0, 0.1) is 0 Å². The predicted octanol–water partition coefficient (Wildman–Crippen LogP) is 1.12. The van der Waals surface area contributed by atoms with E-state index in [2.05, 4.69) is 4.90 Å². The first-order chi connectivity index (χ1) is 8.62. The summed E-state index contributed by atoms with van der Waals surface area (Å²) in [6, 6.07) is 0.630. The maximum Gasteiger partial charge on any atom is 0.0730 e. The summed E-state index contributed by atoms with van der Waals surface area (Å²) in [4.78, 5) is 2.58. The Morgan fingerprint density at radius 2 is 2.17 bits per heavy atom. The summed E-state index contributed by atoms with van der Waals surface area (Å²) >= 11 is 0. The van der Waals surface area contributed by atoms with Gasteiger partial charge in [0.2, 0.25) is 0 Å². The van der Waals surface area contributed by atoms with E-state index in [-0.39, 0.29) is 6.61 Å². The first-order valence-corrected chi connectivity index (χ1v) is 7.38. The molecule has 2 rings (SSSR count). The maximum atomic E-state index is 9.16. The zero-order valence-corrected chi connectivity index (χ0v) is 11.6. The molecule has 2 aliphatic rings. The minimum absolute atomic E-state index is 0.0716. The van der Waals surface area contributed by atoms with Crippen LogP contribution in [-0.4, -0.2) is 54.0 Å². The van der Waals surface area contributed by atoms with Crippen molar-refractivity contribution in [3.8, 4) is 0 Å². The molecule has 106 valence electrons. The van der Waals surface area contributed by atoms with Crippen LogP contribution in [0.25, 0.3) is 0 Å². The van der Waals surface area contributed by atoms with Crippen molar-refractivity contribution in [2.45, 2.75) is 63.1 Å². The van der Waals surface area contributed by atoms with Crippen molar-refractivity contribution in [2.75, 3.05) is 26.3 Å². The Balaban J connectivity index is 1.77. The van der Waals surface area contributed by atoms with Gasteiger partial charge in [0.25, 0.3) is 0 Å². The molecule has 18 heavy (non-hydrogen) atoms. The molecule has 0 aromatic rings. The van der Waals surface area contributed by atoms with Crippen molar-refractivity contribution in [2.24, 2.45) is 5.73 Å². The fourth-order valence-corrected chi connectivity index (χ4v) is 3.22. The highest BCUT2D eigenvalue weighted by Gasteiger charge is 2.33. The van der Waals surface area contributed by atoms with Gasteiger partial charge in [0.1, 0.15) is 0 Å². The maximum absolute atomic E-state index is 9.16. The highest BCUT2D eigenvalue weighted by Crippen LogP contribution is 2.28. The summed E-state index contributed by atoms with van der Waals surface area (Å²) in [5, 5.41) is 9.16. The molecule has 2 fully saturated rings. The van der Waals surface area contributed by atoms with Crippen LogP contribution >= 0.6 is 0 Å². The lowest BCUT2D eigenvalue weighted by Gasteiger charge is -2.44. The van der Waals surface area contributed by atoms with Crippen molar-refractivity contribution >= 4 is 0 Å². The molecule has 3 unspecified atom stereocenters. The van der Waals surface area contributed by atoms with E-state index in [1.54, 1.807) is 0 Å². The number of aliphatic hydroxyl groups is 1.